The molecule has 38 heavy (non-hydrogen) atoms. The van der Waals surface area contributed by atoms with E-state index >= 15 is 0 Å². The molecule has 0 aromatic heterocycles. The number of allylic oxidation sites excluding steroid dienone is 1. The number of amides is 1. The van der Waals surface area contributed by atoms with Crippen molar-refractivity contribution in [2.24, 2.45) is 5.92 Å². The van der Waals surface area contributed by atoms with Crippen molar-refractivity contribution in [2.75, 3.05) is 0 Å². The molecule has 1 aliphatic heterocycles. The minimum Gasteiger partial charge on any atom is -0.379 e. The van der Waals surface area contributed by atoms with Crippen molar-refractivity contribution < 1.29 is 31.5 Å². The van der Waals surface area contributed by atoms with Crippen molar-refractivity contribution in [1.29, 1.82) is 0 Å². The van der Waals surface area contributed by atoms with Gasteiger partial charge < -0.3 is 10.6 Å². The molecular formula is C27H19BrClF5N2O2. The van der Waals surface area contributed by atoms with Gasteiger partial charge in [-0.15, -0.1) is 0 Å². The predicted octanol–water partition coefficient (Wildman–Crippen LogP) is 6.72. The summed E-state index contributed by atoms with van der Waals surface area (Å²) in [4.78, 5) is 25.8. The van der Waals surface area contributed by atoms with E-state index in [0.717, 1.165) is 6.07 Å². The lowest BCUT2D eigenvalue weighted by Crippen LogP contribution is -2.56. The summed E-state index contributed by atoms with van der Waals surface area (Å²) in [6, 6.07) is 12.8. The molecule has 0 saturated carbocycles. The largest absolute Gasteiger partial charge is 0.416 e. The molecule has 1 aliphatic rings. The first-order chi connectivity index (χ1) is 17.9. The number of rotatable bonds is 5. The van der Waals surface area contributed by atoms with Crippen LogP contribution in [-0.4, -0.2) is 16.6 Å². The second-order valence-corrected chi connectivity index (χ2v) is 9.96. The Kier molecular flexibility index (Phi) is 7.67. The van der Waals surface area contributed by atoms with Crippen molar-refractivity contribution in [2.45, 2.75) is 24.6 Å². The Morgan fingerprint density at radius 3 is 2.32 bits per heavy atom. The molecule has 11 heteroatoms. The van der Waals surface area contributed by atoms with E-state index in [2.05, 4.69) is 26.6 Å². The van der Waals surface area contributed by atoms with Crippen LogP contribution in [0.5, 0.6) is 0 Å². The first kappa shape index (κ1) is 27.8. The normalized spacial score (nSPS) is 21.3. The fourth-order valence-corrected chi connectivity index (χ4v) is 5.66. The van der Waals surface area contributed by atoms with Crippen LogP contribution in [0.25, 0.3) is 0 Å². The predicted molar refractivity (Wildman–Crippen MR) is 136 cm³/mol. The van der Waals surface area contributed by atoms with E-state index < -0.39 is 56.9 Å². The third-order valence-corrected chi connectivity index (χ3v) is 7.40. The van der Waals surface area contributed by atoms with Crippen LogP contribution in [0.15, 0.2) is 78.6 Å². The minimum absolute atomic E-state index is 0.0662. The molecule has 0 spiro atoms. The highest BCUT2D eigenvalue weighted by atomic mass is 79.9. The van der Waals surface area contributed by atoms with Gasteiger partial charge in [-0.25, -0.2) is 8.78 Å². The Bertz CT molecular complexity index is 1430. The summed E-state index contributed by atoms with van der Waals surface area (Å²) in [6.07, 6.45) is -3.57. The summed E-state index contributed by atoms with van der Waals surface area (Å²) >= 11 is 9.55. The number of hydrogen-bond acceptors (Lipinski definition) is 3. The monoisotopic (exact) mass is 612 g/mol. The maximum atomic E-state index is 14.6. The lowest BCUT2D eigenvalue weighted by molar-refractivity contribution is -0.137. The number of halogens is 7. The second-order valence-electron chi connectivity index (χ2n) is 8.77. The summed E-state index contributed by atoms with van der Waals surface area (Å²) in [7, 11) is 0. The Balaban J connectivity index is 1.95. The lowest BCUT2D eigenvalue weighted by Gasteiger charge is -2.48. The SMILES string of the molecule is CC1C(C(=O)Br)NC=C(NC(=O)c2cc(F)cc(C(F)(F)F)c2)C1(c1ccccc1)c1cc(F)ccc1Cl. The Morgan fingerprint density at radius 2 is 1.68 bits per heavy atom. The van der Waals surface area contributed by atoms with Crippen LogP contribution in [0, 0.1) is 17.6 Å². The topological polar surface area (TPSA) is 58.2 Å². The average Bonchev–Trinajstić information content (AvgIpc) is 2.85. The van der Waals surface area contributed by atoms with Crippen molar-refractivity contribution in [3.05, 3.63) is 118 Å². The Hall–Kier alpha value is -3.24. The molecule has 3 aromatic carbocycles. The number of hydrogen-bond donors (Lipinski definition) is 2. The van der Waals surface area contributed by atoms with Gasteiger partial charge in [0.05, 0.1) is 17.0 Å². The minimum atomic E-state index is -4.89. The average molecular weight is 614 g/mol. The van der Waals surface area contributed by atoms with Crippen molar-refractivity contribution in [3.63, 3.8) is 0 Å². The van der Waals surface area contributed by atoms with Gasteiger partial charge in [-0.05, 0) is 63.5 Å². The Labute approximate surface area is 228 Å². The summed E-state index contributed by atoms with van der Waals surface area (Å²) in [5.74, 6) is -3.67. The summed E-state index contributed by atoms with van der Waals surface area (Å²) < 4.78 is 68.1. The van der Waals surface area contributed by atoms with Gasteiger partial charge in [0.15, 0.2) is 0 Å². The van der Waals surface area contributed by atoms with E-state index in [1.807, 2.05) is 0 Å². The van der Waals surface area contributed by atoms with E-state index in [9.17, 15) is 31.5 Å². The zero-order valence-electron chi connectivity index (χ0n) is 19.5. The summed E-state index contributed by atoms with van der Waals surface area (Å²) in [5, 5.41) is 5.59. The van der Waals surface area contributed by atoms with Gasteiger partial charge in [-0.3, -0.25) is 9.59 Å². The molecule has 4 rings (SSSR count). The van der Waals surface area contributed by atoms with Gasteiger partial charge >= 0.3 is 6.18 Å². The molecule has 3 unspecified atom stereocenters. The van der Waals surface area contributed by atoms with Crippen molar-refractivity contribution >= 4 is 38.1 Å². The second kappa shape index (κ2) is 10.5. The molecule has 4 nitrogen and oxygen atoms in total. The van der Waals surface area contributed by atoms with Crippen LogP contribution >= 0.6 is 27.5 Å². The van der Waals surface area contributed by atoms with Crippen LogP contribution < -0.4 is 10.6 Å². The molecule has 3 atom stereocenters. The highest BCUT2D eigenvalue weighted by Gasteiger charge is 2.51. The van der Waals surface area contributed by atoms with Gasteiger partial charge in [0.1, 0.15) is 11.6 Å². The smallest absolute Gasteiger partial charge is 0.379 e. The summed E-state index contributed by atoms with van der Waals surface area (Å²) in [6.45, 7) is 1.69. The number of benzene rings is 3. The third-order valence-electron chi connectivity index (χ3n) is 6.58. The fraction of sp³-hybridized carbons (Fsp3) is 0.185. The van der Waals surface area contributed by atoms with E-state index in [-0.39, 0.29) is 22.3 Å². The molecule has 1 heterocycles. The van der Waals surface area contributed by atoms with E-state index in [1.54, 1.807) is 37.3 Å². The van der Waals surface area contributed by atoms with E-state index in [1.165, 1.54) is 18.3 Å². The quantitative estimate of drug-likeness (QED) is 0.248. The lowest BCUT2D eigenvalue weighted by atomic mass is 9.61. The maximum absolute atomic E-state index is 14.6. The van der Waals surface area contributed by atoms with Gasteiger partial charge in [-0.1, -0.05) is 48.9 Å². The van der Waals surface area contributed by atoms with Crippen LogP contribution in [0.2, 0.25) is 5.02 Å². The first-order valence-corrected chi connectivity index (χ1v) is 12.4. The molecule has 0 radical (unpaired) electrons. The first-order valence-electron chi connectivity index (χ1n) is 11.2. The van der Waals surface area contributed by atoms with Crippen molar-refractivity contribution in [3.8, 4) is 0 Å². The number of alkyl halides is 3. The molecule has 3 aromatic rings. The fourth-order valence-electron chi connectivity index (χ4n) is 4.87. The van der Waals surface area contributed by atoms with Crippen LogP contribution in [0.3, 0.4) is 0 Å². The molecule has 198 valence electrons. The summed E-state index contributed by atoms with van der Waals surface area (Å²) in [5.41, 5.74) is -2.59. The standard InChI is InChI=1S/C27H19BrClF5N2O2/c1-14-23(24(28)37)35-13-22(36-25(38)15-9-17(27(32,33)34)11-19(31)10-15)26(14,16-5-3-2-4-6-16)20-12-18(30)7-8-21(20)29/h2-14,23,35H,1H3,(H,36,38). The Morgan fingerprint density at radius 1 is 1.00 bits per heavy atom. The molecule has 0 fully saturated rings. The van der Waals surface area contributed by atoms with Gasteiger partial charge in [0.25, 0.3) is 5.91 Å². The molecule has 0 aliphatic carbocycles. The third kappa shape index (κ3) is 5.07. The molecule has 0 saturated heterocycles. The molecule has 2 N–H and O–H groups in total. The van der Waals surface area contributed by atoms with Gasteiger partial charge in [-0.2, -0.15) is 13.2 Å². The van der Waals surface area contributed by atoms with Crippen LogP contribution in [-0.2, 0) is 16.4 Å². The van der Waals surface area contributed by atoms with Crippen LogP contribution in [0.1, 0.15) is 34.0 Å². The number of carbonyl (C=O) groups excluding carboxylic acids is 2. The highest BCUT2D eigenvalue weighted by molar-refractivity contribution is 9.18. The molecule has 1 amide bonds. The molecular weight excluding hydrogens is 595 g/mol. The zero-order valence-corrected chi connectivity index (χ0v) is 21.9. The number of nitrogens with one attached hydrogen (secondary N) is 2. The van der Waals surface area contributed by atoms with Gasteiger partial charge in [0, 0.05) is 28.4 Å². The van der Waals surface area contributed by atoms with E-state index in [4.69, 9.17) is 11.6 Å². The van der Waals surface area contributed by atoms with Crippen molar-refractivity contribution in [1.82, 2.24) is 10.6 Å². The van der Waals surface area contributed by atoms with Crippen LogP contribution in [0.4, 0.5) is 22.0 Å². The molecule has 0 bridgehead atoms. The highest BCUT2D eigenvalue weighted by Crippen LogP contribution is 2.50. The zero-order chi connectivity index (χ0) is 27.8. The van der Waals surface area contributed by atoms with Gasteiger partial charge in [0.2, 0.25) is 4.69 Å². The maximum Gasteiger partial charge on any atom is 0.416 e. The number of carbonyl (C=O) groups is 2. The van der Waals surface area contributed by atoms with E-state index in [0.29, 0.717) is 17.7 Å².